The van der Waals surface area contributed by atoms with Crippen LogP contribution in [0.5, 0.6) is 0 Å². The molecule has 4 heteroatoms. The smallest absolute Gasteiger partial charge is 0.335 e. The first-order valence-corrected chi connectivity index (χ1v) is 5.24. The Bertz CT molecular complexity index is 453. The first kappa shape index (κ1) is 11.1. The molecule has 3 nitrogen and oxygen atoms in total. The third-order valence-electron chi connectivity index (χ3n) is 3.36. The van der Waals surface area contributed by atoms with Crippen molar-refractivity contribution in [1.82, 2.24) is 0 Å². The standard InChI is InChI=1S/C12H14FNO2/c1-7-4-10(13)9(5-8(7)11(15)16)12(6-14)2-3-12/h4-5H,2-3,6,14H2,1H3,(H,15,16). The van der Waals surface area contributed by atoms with Crippen molar-refractivity contribution in [3.63, 3.8) is 0 Å². The summed E-state index contributed by atoms with van der Waals surface area (Å²) in [7, 11) is 0. The van der Waals surface area contributed by atoms with Gasteiger partial charge >= 0.3 is 5.97 Å². The van der Waals surface area contributed by atoms with Crippen LogP contribution in [-0.2, 0) is 5.41 Å². The predicted octanol–water partition coefficient (Wildman–Crippen LogP) is 1.82. The monoisotopic (exact) mass is 223 g/mol. The van der Waals surface area contributed by atoms with Crippen molar-refractivity contribution in [3.05, 3.63) is 34.6 Å². The van der Waals surface area contributed by atoms with Gasteiger partial charge < -0.3 is 10.8 Å². The van der Waals surface area contributed by atoms with Crippen LogP contribution in [0.2, 0.25) is 0 Å². The normalized spacial score (nSPS) is 17.2. The van der Waals surface area contributed by atoms with E-state index in [1.54, 1.807) is 6.92 Å². The molecule has 0 bridgehead atoms. The SMILES string of the molecule is Cc1cc(F)c(C2(CN)CC2)cc1C(=O)O. The Balaban J connectivity index is 2.54. The molecule has 1 saturated carbocycles. The van der Waals surface area contributed by atoms with Gasteiger partial charge in [0.25, 0.3) is 0 Å². The van der Waals surface area contributed by atoms with Crippen molar-refractivity contribution in [2.75, 3.05) is 6.54 Å². The molecule has 1 aromatic carbocycles. The maximum atomic E-state index is 13.8. The quantitative estimate of drug-likeness (QED) is 0.821. The van der Waals surface area contributed by atoms with Gasteiger partial charge in [0.1, 0.15) is 5.82 Å². The zero-order valence-electron chi connectivity index (χ0n) is 9.09. The van der Waals surface area contributed by atoms with Gasteiger partial charge in [-0.2, -0.15) is 0 Å². The molecule has 86 valence electrons. The zero-order valence-corrected chi connectivity index (χ0v) is 9.09. The maximum Gasteiger partial charge on any atom is 0.335 e. The minimum Gasteiger partial charge on any atom is -0.478 e. The largest absolute Gasteiger partial charge is 0.478 e. The summed E-state index contributed by atoms with van der Waals surface area (Å²) >= 11 is 0. The van der Waals surface area contributed by atoms with Crippen molar-refractivity contribution < 1.29 is 14.3 Å². The summed E-state index contributed by atoms with van der Waals surface area (Å²) in [5.74, 6) is -1.36. The second-order valence-electron chi connectivity index (χ2n) is 4.44. The van der Waals surface area contributed by atoms with E-state index in [1.165, 1.54) is 12.1 Å². The Labute approximate surface area is 93.1 Å². The molecular weight excluding hydrogens is 209 g/mol. The van der Waals surface area contributed by atoms with Crippen LogP contribution in [0.3, 0.4) is 0 Å². The van der Waals surface area contributed by atoms with Gasteiger partial charge in [0.15, 0.2) is 0 Å². The molecule has 0 saturated heterocycles. The van der Waals surface area contributed by atoms with Crippen molar-refractivity contribution in [2.24, 2.45) is 5.73 Å². The van der Waals surface area contributed by atoms with Gasteiger partial charge in [-0.25, -0.2) is 9.18 Å². The van der Waals surface area contributed by atoms with E-state index >= 15 is 0 Å². The molecule has 0 aromatic heterocycles. The fourth-order valence-electron chi connectivity index (χ4n) is 2.04. The molecule has 0 aliphatic heterocycles. The van der Waals surface area contributed by atoms with Gasteiger partial charge in [-0.3, -0.25) is 0 Å². The number of carboxylic acids is 1. The van der Waals surface area contributed by atoms with E-state index in [0.29, 0.717) is 17.7 Å². The summed E-state index contributed by atoms with van der Waals surface area (Å²) in [6, 6.07) is 2.72. The van der Waals surface area contributed by atoms with Crippen molar-refractivity contribution in [1.29, 1.82) is 0 Å². The summed E-state index contributed by atoms with van der Waals surface area (Å²) in [5, 5.41) is 8.99. The lowest BCUT2D eigenvalue weighted by Gasteiger charge is -2.15. The summed E-state index contributed by atoms with van der Waals surface area (Å²) in [6.07, 6.45) is 1.67. The lowest BCUT2D eigenvalue weighted by molar-refractivity contribution is 0.0696. The van der Waals surface area contributed by atoms with Gasteiger partial charge in [0, 0.05) is 12.0 Å². The van der Waals surface area contributed by atoms with Gasteiger partial charge in [-0.1, -0.05) is 0 Å². The number of nitrogens with two attached hydrogens (primary N) is 1. The third kappa shape index (κ3) is 1.59. The molecule has 0 heterocycles. The Kier molecular flexibility index (Phi) is 2.46. The second kappa shape index (κ2) is 3.56. The van der Waals surface area contributed by atoms with E-state index in [9.17, 15) is 9.18 Å². The van der Waals surface area contributed by atoms with Crippen LogP contribution >= 0.6 is 0 Å². The van der Waals surface area contributed by atoms with Crippen molar-refractivity contribution in [3.8, 4) is 0 Å². The van der Waals surface area contributed by atoms with Crippen LogP contribution in [0.4, 0.5) is 4.39 Å². The highest BCUT2D eigenvalue weighted by molar-refractivity contribution is 5.89. The van der Waals surface area contributed by atoms with Gasteiger partial charge in [0.2, 0.25) is 0 Å². The average Bonchev–Trinajstić information content (AvgIpc) is 2.98. The summed E-state index contributed by atoms with van der Waals surface area (Å²) < 4.78 is 13.8. The molecule has 1 aromatic rings. The molecule has 1 aliphatic rings. The predicted molar refractivity (Wildman–Crippen MR) is 58.1 cm³/mol. The van der Waals surface area contributed by atoms with Crippen molar-refractivity contribution >= 4 is 5.97 Å². The summed E-state index contributed by atoms with van der Waals surface area (Å²) in [4.78, 5) is 11.0. The number of hydrogen-bond acceptors (Lipinski definition) is 2. The Morgan fingerprint density at radius 1 is 1.56 bits per heavy atom. The molecular formula is C12H14FNO2. The highest BCUT2D eigenvalue weighted by Gasteiger charge is 2.45. The number of carbonyl (C=O) groups is 1. The van der Waals surface area contributed by atoms with Gasteiger partial charge in [0.05, 0.1) is 5.56 Å². The fourth-order valence-corrected chi connectivity index (χ4v) is 2.04. The molecule has 3 N–H and O–H groups in total. The fraction of sp³-hybridized carbons (Fsp3) is 0.417. The molecule has 2 rings (SSSR count). The molecule has 0 amide bonds. The Morgan fingerprint density at radius 2 is 2.19 bits per heavy atom. The molecule has 1 aliphatic carbocycles. The van der Waals surface area contributed by atoms with Crippen molar-refractivity contribution in [2.45, 2.75) is 25.2 Å². The highest BCUT2D eigenvalue weighted by atomic mass is 19.1. The lowest BCUT2D eigenvalue weighted by atomic mass is 9.92. The van der Waals surface area contributed by atoms with E-state index in [-0.39, 0.29) is 16.8 Å². The summed E-state index contributed by atoms with van der Waals surface area (Å²) in [5.41, 5.74) is 6.37. The molecule has 0 atom stereocenters. The van der Waals surface area contributed by atoms with Crippen LogP contribution in [0.25, 0.3) is 0 Å². The second-order valence-corrected chi connectivity index (χ2v) is 4.44. The first-order chi connectivity index (χ1) is 7.50. The number of rotatable bonds is 3. The minimum absolute atomic E-state index is 0.163. The number of aryl methyl sites for hydroxylation is 1. The van der Waals surface area contributed by atoms with E-state index in [4.69, 9.17) is 10.8 Å². The molecule has 0 spiro atoms. The Hall–Kier alpha value is -1.42. The van der Waals surface area contributed by atoms with Crippen LogP contribution in [0.1, 0.15) is 34.3 Å². The number of benzene rings is 1. The number of aromatic carboxylic acids is 1. The molecule has 16 heavy (non-hydrogen) atoms. The van der Waals surface area contributed by atoms with E-state index < -0.39 is 5.97 Å². The topological polar surface area (TPSA) is 63.3 Å². The first-order valence-electron chi connectivity index (χ1n) is 5.24. The maximum absolute atomic E-state index is 13.8. The zero-order chi connectivity index (χ0) is 11.9. The number of halogens is 1. The highest BCUT2D eigenvalue weighted by Crippen LogP contribution is 2.48. The molecule has 0 radical (unpaired) electrons. The number of carboxylic acid groups (broad SMARTS) is 1. The summed E-state index contributed by atoms with van der Waals surface area (Å²) in [6.45, 7) is 1.96. The van der Waals surface area contributed by atoms with E-state index in [1.807, 2.05) is 0 Å². The van der Waals surface area contributed by atoms with Crippen LogP contribution in [0.15, 0.2) is 12.1 Å². The lowest BCUT2D eigenvalue weighted by Crippen LogP contribution is -2.22. The van der Waals surface area contributed by atoms with Crippen LogP contribution in [0, 0.1) is 12.7 Å². The van der Waals surface area contributed by atoms with E-state index in [2.05, 4.69) is 0 Å². The molecule has 0 unspecified atom stereocenters. The number of hydrogen-bond donors (Lipinski definition) is 2. The van der Waals surface area contributed by atoms with E-state index in [0.717, 1.165) is 12.8 Å². The van der Waals surface area contributed by atoms with Gasteiger partial charge in [-0.15, -0.1) is 0 Å². The average molecular weight is 223 g/mol. The Morgan fingerprint density at radius 3 is 2.62 bits per heavy atom. The van der Waals surface area contributed by atoms with Crippen LogP contribution in [-0.4, -0.2) is 17.6 Å². The minimum atomic E-state index is -1.02. The molecule has 1 fully saturated rings. The van der Waals surface area contributed by atoms with Gasteiger partial charge in [-0.05, 0) is 43.0 Å². The van der Waals surface area contributed by atoms with Crippen LogP contribution < -0.4 is 5.73 Å². The third-order valence-corrected chi connectivity index (χ3v) is 3.36.